The molecule has 0 saturated heterocycles. The number of aryl methyl sites for hydroxylation is 2. The largest absolute Gasteiger partial charge is 0.326 e. The molecule has 3 heterocycles. The van der Waals surface area contributed by atoms with Gasteiger partial charge in [-0.1, -0.05) is 0 Å². The Morgan fingerprint density at radius 1 is 1.30 bits per heavy atom. The molecule has 23 heavy (non-hydrogen) atoms. The van der Waals surface area contributed by atoms with Crippen LogP contribution in [0.1, 0.15) is 40.9 Å². The van der Waals surface area contributed by atoms with E-state index in [-0.39, 0.29) is 23.9 Å². The van der Waals surface area contributed by atoms with Crippen molar-refractivity contribution in [1.82, 2.24) is 19.1 Å². The molecule has 0 atom stereocenters. The van der Waals surface area contributed by atoms with E-state index in [1.165, 1.54) is 22.2 Å². The van der Waals surface area contributed by atoms with Crippen LogP contribution in [0, 0.1) is 13.8 Å². The lowest BCUT2D eigenvalue weighted by Crippen LogP contribution is -2.26. The average Bonchev–Trinajstić information content (AvgIpc) is 3.08. The molecule has 0 saturated carbocycles. The van der Waals surface area contributed by atoms with Crippen molar-refractivity contribution in [3.8, 4) is 0 Å². The molecule has 3 aromatic heterocycles. The van der Waals surface area contributed by atoms with E-state index in [1.54, 1.807) is 17.0 Å². The molecule has 7 heteroatoms. The zero-order chi connectivity index (χ0) is 16.7. The maximum atomic E-state index is 12.6. The van der Waals surface area contributed by atoms with Crippen LogP contribution < -0.4 is 5.56 Å². The lowest BCUT2D eigenvalue weighted by molar-refractivity contribution is 0.0954. The Hall–Kier alpha value is -2.28. The van der Waals surface area contributed by atoms with E-state index in [0.29, 0.717) is 11.2 Å². The van der Waals surface area contributed by atoms with Gasteiger partial charge in [0.1, 0.15) is 4.83 Å². The first-order chi connectivity index (χ1) is 10.9. The molecule has 0 N–H and O–H groups in total. The Bertz CT molecular complexity index is 949. The summed E-state index contributed by atoms with van der Waals surface area (Å²) in [7, 11) is 0. The second-order valence-electron chi connectivity index (χ2n) is 5.82. The molecule has 0 aliphatic rings. The number of aromatic nitrogens is 4. The minimum absolute atomic E-state index is 0.0557. The number of fused-ring (bicyclic) bond motifs is 1. The lowest BCUT2D eigenvalue weighted by Gasteiger charge is -2.11. The fraction of sp³-hybridized carbons (Fsp3) is 0.375. The number of ketones is 1. The molecule has 120 valence electrons. The monoisotopic (exact) mass is 330 g/mol. The Labute approximate surface area is 137 Å². The number of thiophene rings is 1. The first kappa shape index (κ1) is 15.6. The second kappa shape index (κ2) is 5.73. The summed E-state index contributed by atoms with van der Waals surface area (Å²) in [5.41, 5.74) is 0.765. The Morgan fingerprint density at radius 3 is 2.74 bits per heavy atom. The van der Waals surface area contributed by atoms with Crippen molar-refractivity contribution in [3.05, 3.63) is 45.3 Å². The predicted molar refractivity (Wildman–Crippen MR) is 90.3 cm³/mol. The number of imidazole rings is 1. The van der Waals surface area contributed by atoms with Crippen molar-refractivity contribution in [2.24, 2.45) is 0 Å². The number of nitrogens with zero attached hydrogens (tertiary/aromatic N) is 4. The van der Waals surface area contributed by atoms with Gasteiger partial charge in [0.05, 0.1) is 18.3 Å². The van der Waals surface area contributed by atoms with E-state index >= 15 is 0 Å². The van der Waals surface area contributed by atoms with Gasteiger partial charge >= 0.3 is 0 Å². The molecule has 3 aromatic rings. The summed E-state index contributed by atoms with van der Waals surface area (Å²) < 4.78 is 3.17. The van der Waals surface area contributed by atoms with Gasteiger partial charge in [-0.05, 0) is 33.3 Å². The topological polar surface area (TPSA) is 69.8 Å². The molecule has 0 amide bonds. The summed E-state index contributed by atoms with van der Waals surface area (Å²) >= 11 is 1.50. The third kappa shape index (κ3) is 2.61. The van der Waals surface area contributed by atoms with Gasteiger partial charge in [0.15, 0.2) is 5.82 Å². The Balaban J connectivity index is 2.00. The average molecular weight is 330 g/mol. The standard InChI is InChI=1S/C16H18N4O2S/c1-9(2)20-6-5-17-14(20)12(21)7-19-8-18-15-13(16(19)22)10(3)11(4)23-15/h5-6,8-9H,7H2,1-4H3. The Kier molecular flexibility index (Phi) is 3.89. The number of rotatable bonds is 4. The maximum absolute atomic E-state index is 12.6. The number of hydrogen-bond acceptors (Lipinski definition) is 5. The summed E-state index contributed by atoms with van der Waals surface area (Å²) in [6, 6.07) is 0.135. The number of hydrogen-bond donors (Lipinski definition) is 0. The zero-order valence-corrected chi connectivity index (χ0v) is 14.3. The molecule has 0 aliphatic heterocycles. The first-order valence-electron chi connectivity index (χ1n) is 7.41. The third-order valence-electron chi connectivity index (χ3n) is 3.94. The zero-order valence-electron chi connectivity index (χ0n) is 13.5. The normalized spacial score (nSPS) is 11.5. The fourth-order valence-electron chi connectivity index (χ4n) is 2.55. The minimum atomic E-state index is -0.198. The van der Waals surface area contributed by atoms with Gasteiger partial charge in [-0.25, -0.2) is 9.97 Å². The van der Waals surface area contributed by atoms with E-state index in [0.717, 1.165) is 15.3 Å². The van der Waals surface area contributed by atoms with Gasteiger partial charge in [0.2, 0.25) is 5.78 Å². The highest BCUT2D eigenvalue weighted by atomic mass is 32.1. The van der Waals surface area contributed by atoms with Crippen LogP contribution in [-0.4, -0.2) is 24.9 Å². The SMILES string of the molecule is Cc1sc2ncn(CC(=O)c3nccn3C(C)C)c(=O)c2c1C. The summed E-state index contributed by atoms with van der Waals surface area (Å²) in [5.74, 6) is 0.168. The smallest absolute Gasteiger partial charge is 0.262 e. The maximum Gasteiger partial charge on any atom is 0.262 e. The van der Waals surface area contributed by atoms with Crippen molar-refractivity contribution >= 4 is 27.3 Å². The molecule has 0 spiro atoms. The number of carbonyl (C=O) groups excluding carboxylic acids is 1. The van der Waals surface area contributed by atoms with Crippen LogP contribution >= 0.6 is 11.3 Å². The van der Waals surface area contributed by atoms with Gasteiger partial charge in [-0.2, -0.15) is 0 Å². The highest BCUT2D eigenvalue weighted by molar-refractivity contribution is 7.18. The quantitative estimate of drug-likeness (QED) is 0.690. The molecule has 3 rings (SSSR count). The van der Waals surface area contributed by atoms with Crippen molar-refractivity contribution < 1.29 is 4.79 Å². The van der Waals surface area contributed by atoms with Crippen LogP contribution in [0.25, 0.3) is 10.2 Å². The molecule has 0 bridgehead atoms. The molecule has 6 nitrogen and oxygen atoms in total. The first-order valence-corrected chi connectivity index (χ1v) is 8.23. The van der Waals surface area contributed by atoms with Crippen LogP contribution in [0.3, 0.4) is 0 Å². The summed E-state index contributed by atoms with van der Waals surface area (Å²) in [6.07, 6.45) is 4.82. The Morgan fingerprint density at radius 2 is 2.04 bits per heavy atom. The van der Waals surface area contributed by atoms with E-state index in [4.69, 9.17) is 0 Å². The van der Waals surface area contributed by atoms with Crippen molar-refractivity contribution in [2.75, 3.05) is 0 Å². The van der Waals surface area contributed by atoms with Crippen molar-refractivity contribution in [1.29, 1.82) is 0 Å². The van der Waals surface area contributed by atoms with Gasteiger partial charge in [-0.3, -0.25) is 14.2 Å². The highest BCUT2D eigenvalue weighted by Crippen LogP contribution is 2.25. The second-order valence-corrected chi connectivity index (χ2v) is 7.02. The number of Topliss-reactive ketones (excluding diaryl/α,β-unsaturated/α-hetero) is 1. The third-order valence-corrected chi connectivity index (χ3v) is 5.06. The van der Waals surface area contributed by atoms with Crippen LogP contribution in [-0.2, 0) is 6.54 Å². The minimum Gasteiger partial charge on any atom is -0.326 e. The lowest BCUT2D eigenvalue weighted by atomic mass is 10.2. The van der Waals surface area contributed by atoms with Crippen molar-refractivity contribution in [2.45, 2.75) is 40.3 Å². The van der Waals surface area contributed by atoms with Crippen LogP contribution in [0.5, 0.6) is 0 Å². The van der Waals surface area contributed by atoms with E-state index < -0.39 is 0 Å². The van der Waals surface area contributed by atoms with E-state index in [2.05, 4.69) is 9.97 Å². The summed E-state index contributed by atoms with van der Waals surface area (Å²) in [5, 5.41) is 0.606. The van der Waals surface area contributed by atoms with Gasteiger partial charge in [0, 0.05) is 23.3 Å². The van der Waals surface area contributed by atoms with E-state index in [9.17, 15) is 9.59 Å². The highest BCUT2D eigenvalue weighted by Gasteiger charge is 2.18. The molecule has 0 fully saturated rings. The fourth-order valence-corrected chi connectivity index (χ4v) is 3.54. The molecular weight excluding hydrogens is 312 g/mol. The van der Waals surface area contributed by atoms with Gasteiger partial charge < -0.3 is 4.57 Å². The summed E-state index contributed by atoms with van der Waals surface area (Å²) in [6.45, 7) is 7.79. The summed E-state index contributed by atoms with van der Waals surface area (Å²) in [4.78, 5) is 35.4. The van der Waals surface area contributed by atoms with Crippen LogP contribution in [0.15, 0.2) is 23.5 Å². The van der Waals surface area contributed by atoms with Crippen molar-refractivity contribution in [3.63, 3.8) is 0 Å². The number of carbonyl (C=O) groups is 1. The molecule has 0 aliphatic carbocycles. The van der Waals surface area contributed by atoms with Crippen LogP contribution in [0.4, 0.5) is 0 Å². The van der Waals surface area contributed by atoms with Gasteiger partial charge in [0.25, 0.3) is 5.56 Å². The molecule has 0 unspecified atom stereocenters. The van der Waals surface area contributed by atoms with Crippen LogP contribution in [0.2, 0.25) is 0 Å². The molecule has 0 radical (unpaired) electrons. The predicted octanol–water partition coefficient (Wildman–Crippen LogP) is 2.74. The molecule has 0 aromatic carbocycles. The van der Waals surface area contributed by atoms with E-state index in [1.807, 2.05) is 27.7 Å². The van der Waals surface area contributed by atoms with Gasteiger partial charge in [-0.15, -0.1) is 11.3 Å². The molecular formula is C16H18N4O2S.